The normalized spacial score (nSPS) is 11.4. The van der Waals surface area contributed by atoms with Crippen LogP contribution < -0.4 is 5.32 Å². The van der Waals surface area contributed by atoms with Gasteiger partial charge in [-0.3, -0.25) is 4.79 Å². The van der Waals surface area contributed by atoms with E-state index in [1.165, 1.54) is 6.39 Å². The van der Waals surface area contributed by atoms with Crippen molar-refractivity contribution in [1.29, 1.82) is 0 Å². The number of aromatic nitrogens is 1. The van der Waals surface area contributed by atoms with Crippen LogP contribution in [0.3, 0.4) is 0 Å². The van der Waals surface area contributed by atoms with Crippen molar-refractivity contribution in [2.45, 2.75) is 13.8 Å². The molecule has 0 atom stereocenters. The number of carbonyl (C=O) groups is 1. The molecule has 0 aliphatic rings. The summed E-state index contributed by atoms with van der Waals surface area (Å²) in [6.45, 7) is 3.38. The first-order valence-electron chi connectivity index (χ1n) is 5.62. The van der Waals surface area contributed by atoms with Gasteiger partial charge in [0.15, 0.2) is 6.39 Å². The van der Waals surface area contributed by atoms with E-state index in [4.69, 9.17) is 9.62 Å². The number of carbonyl (C=O) groups excluding carboxylic acids is 1. The topological polar surface area (TPSA) is 87.7 Å². The van der Waals surface area contributed by atoms with Crippen LogP contribution in [0.1, 0.15) is 28.7 Å². The van der Waals surface area contributed by atoms with Gasteiger partial charge in [-0.1, -0.05) is 17.3 Å². The molecule has 1 heterocycles. The highest BCUT2D eigenvalue weighted by atomic mass is 16.4. The van der Waals surface area contributed by atoms with E-state index in [0.29, 0.717) is 17.1 Å². The fourth-order valence-corrected chi connectivity index (χ4v) is 1.56. The number of benzene rings is 1. The molecule has 1 amide bonds. The Morgan fingerprint density at radius 1 is 1.37 bits per heavy atom. The van der Waals surface area contributed by atoms with Gasteiger partial charge in [0.2, 0.25) is 5.76 Å². The van der Waals surface area contributed by atoms with Crippen molar-refractivity contribution in [1.82, 2.24) is 4.98 Å². The molecule has 6 nitrogen and oxygen atoms in total. The number of anilines is 1. The lowest BCUT2D eigenvalue weighted by Crippen LogP contribution is -2.12. The number of oxazole rings is 1. The van der Waals surface area contributed by atoms with E-state index in [0.717, 1.165) is 5.56 Å². The predicted molar refractivity (Wildman–Crippen MR) is 69.6 cm³/mol. The minimum Gasteiger partial charge on any atom is -0.438 e. The second-order valence-electron chi connectivity index (χ2n) is 3.98. The number of hydrogen-bond acceptors (Lipinski definition) is 5. The van der Waals surface area contributed by atoms with E-state index in [1.54, 1.807) is 38.1 Å². The summed E-state index contributed by atoms with van der Waals surface area (Å²) < 4.78 is 5.00. The largest absolute Gasteiger partial charge is 0.438 e. The number of oxime groups is 1. The van der Waals surface area contributed by atoms with Crippen molar-refractivity contribution >= 4 is 17.3 Å². The molecule has 19 heavy (non-hydrogen) atoms. The number of aryl methyl sites for hydroxylation is 1. The Morgan fingerprint density at radius 2 is 2.05 bits per heavy atom. The molecule has 0 spiro atoms. The average Bonchev–Trinajstić information content (AvgIpc) is 2.85. The van der Waals surface area contributed by atoms with Crippen LogP contribution in [0.25, 0.3) is 0 Å². The number of amides is 1. The third kappa shape index (κ3) is 2.79. The zero-order valence-electron chi connectivity index (χ0n) is 10.5. The quantitative estimate of drug-likeness (QED) is 0.503. The van der Waals surface area contributed by atoms with Gasteiger partial charge in [-0.05, 0) is 31.5 Å². The zero-order valence-corrected chi connectivity index (χ0v) is 10.5. The first-order valence-corrected chi connectivity index (χ1v) is 5.62. The maximum absolute atomic E-state index is 11.9. The first kappa shape index (κ1) is 12.8. The van der Waals surface area contributed by atoms with E-state index >= 15 is 0 Å². The minimum atomic E-state index is -0.352. The summed E-state index contributed by atoms with van der Waals surface area (Å²) in [6.07, 6.45) is 1.23. The Morgan fingerprint density at radius 3 is 2.58 bits per heavy atom. The van der Waals surface area contributed by atoms with Crippen molar-refractivity contribution in [2.75, 3.05) is 5.32 Å². The second kappa shape index (κ2) is 5.34. The SMILES string of the molecule is C/C(=N/O)c1ccc(NC(=O)c2ocnc2C)cc1. The Kier molecular flexibility index (Phi) is 3.61. The minimum absolute atomic E-state index is 0.192. The third-order valence-electron chi connectivity index (χ3n) is 2.66. The third-order valence-corrected chi connectivity index (χ3v) is 2.66. The monoisotopic (exact) mass is 259 g/mol. The van der Waals surface area contributed by atoms with Crippen molar-refractivity contribution in [3.63, 3.8) is 0 Å². The second-order valence-corrected chi connectivity index (χ2v) is 3.98. The lowest BCUT2D eigenvalue weighted by Gasteiger charge is -2.04. The van der Waals surface area contributed by atoms with Gasteiger partial charge in [-0.2, -0.15) is 0 Å². The molecule has 2 N–H and O–H groups in total. The molecule has 0 saturated heterocycles. The number of nitrogens with zero attached hydrogens (tertiary/aromatic N) is 2. The molecule has 98 valence electrons. The number of rotatable bonds is 3. The molecular formula is C13H13N3O3. The summed E-state index contributed by atoms with van der Waals surface area (Å²) in [4.78, 5) is 15.7. The molecule has 0 unspecified atom stereocenters. The molecule has 0 bridgehead atoms. The van der Waals surface area contributed by atoms with Gasteiger partial charge in [0.05, 0.1) is 11.4 Å². The Hall–Kier alpha value is -2.63. The molecular weight excluding hydrogens is 246 g/mol. The average molecular weight is 259 g/mol. The van der Waals surface area contributed by atoms with E-state index in [1.807, 2.05) is 0 Å². The van der Waals surface area contributed by atoms with E-state index < -0.39 is 0 Å². The molecule has 0 radical (unpaired) electrons. The van der Waals surface area contributed by atoms with Gasteiger partial charge in [-0.25, -0.2) is 4.98 Å². The van der Waals surface area contributed by atoms with E-state index in [-0.39, 0.29) is 11.7 Å². The van der Waals surface area contributed by atoms with Crippen LogP contribution in [0.2, 0.25) is 0 Å². The number of nitrogens with one attached hydrogen (secondary N) is 1. The molecule has 2 aromatic rings. The van der Waals surface area contributed by atoms with Crippen LogP contribution in [-0.4, -0.2) is 21.8 Å². The molecule has 0 fully saturated rings. The highest BCUT2D eigenvalue weighted by Crippen LogP contribution is 2.13. The Balaban J connectivity index is 2.12. The van der Waals surface area contributed by atoms with Crippen molar-refractivity contribution in [3.8, 4) is 0 Å². The van der Waals surface area contributed by atoms with Crippen LogP contribution in [0, 0.1) is 6.92 Å². The molecule has 2 rings (SSSR count). The van der Waals surface area contributed by atoms with Gasteiger partial charge in [-0.15, -0.1) is 0 Å². The van der Waals surface area contributed by atoms with Gasteiger partial charge < -0.3 is 14.9 Å². The highest BCUT2D eigenvalue weighted by Gasteiger charge is 2.13. The first-order chi connectivity index (χ1) is 9.11. The summed E-state index contributed by atoms with van der Waals surface area (Å²) in [6, 6.07) is 6.93. The molecule has 0 aliphatic heterocycles. The van der Waals surface area contributed by atoms with Gasteiger partial charge in [0.1, 0.15) is 0 Å². The van der Waals surface area contributed by atoms with E-state index in [9.17, 15) is 4.79 Å². The van der Waals surface area contributed by atoms with Crippen LogP contribution in [-0.2, 0) is 0 Å². The highest BCUT2D eigenvalue weighted by molar-refractivity contribution is 6.03. The number of hydrogen-bond donors (Lipinski definition) is 2. The predicted octanol–water partition coefficient (Wildman–Crippen LogP) is 2.43. The Labute approximate surface area is 109 Å². The summed E-state index contributed by atoms with van der Waals surface area (Å²) in [5.74, 6) is -0.160. The molecule has 1 aromatic carbocycles. The van der Waals surface area contributed by atoms with Crippen LogP contribution in [0.15, 0.2) is 40.2 Å². The fraction of sp³-hybridized carbons (Fsp3) is 0.154. The molecule has 1 aromatic heterocycles. The smallest absolute Gasteiger partial charge is 0.293 e. The van der Waals surface area contributed by atoms with Gasteiger partial charge in [0, 0.05) is 5.69 Å². The summed E-state index contributed by atoms with van der Waals surface area (Å²) in [5.41, 5.74) is 2.44. The van der Waals surface area contributed by atoms with Gasteiger partial charge in [0.25, 0.3) is 5.91 Å². The molecule has 0 saturated carbocycles. The standard InChI is InChI=1S/C13H13N3O3/c1-8(16-18)10-3-5-11(6-4-10)15-13(17)12-9(2)14-7-19-12/h3-7,18H,1-2H3,(H,15,17)/b16-8-. The summed E-state index contributed by atoms with van der Waals surface area (Å²) >= 11 is 0. The van der Waals surface area contributed by atoms with Crippen LogP contribution in [0.4, 0.5) is 5.69 Å². The van der Waals surface area contributed by atoms with Crippen molar-refractivity contribution in [2.24, 2.45) is 5.16 Å². The maximum Gasteiger partial charge on any atom is 0.293 e. The molecule has 6 heteroatoms. The van der Waals surface area contributed by atoms with Crippen LogP contribution in [0.5, 0.6) is 0 Å². The fourth-order valence-electron chi connectivity index (χ4n) is 1.56. The van der Waals surface area contributed by atoms with Crippen LogP contribution >= 0.6 is 0 Å². The van der Waals surface area contributed by atoms with Crippen molar-refractivity contribution in [3.05, 3.63) is 47.7 Å². The lowest BCUT2D eigenvalue weighted by atomic mass is 10.1. The van der Waals surface area contributed by atoms with E-state index in [2.05, 4.69) is 15.5 Å². The molecule has 0 aliphatic carbocycles. The van der Waals surface area contributed by atoms with Crippen molar-refractivity contribution < 1.29 is 14.4 Å². The summed E-state index contributed by atoms with van der Waals surface area (Å²) in [7, 11) is 0. The Bertz CT molecular complexity index is 614. The zero-order chi connectivity index (χ0) is 13.8. The maximum atomic E-state index is 11.9. The summed E-state index contributed by atoms with van der Waals surface area (Å²) in [5, 5.41) is 14.5. The lowest BCUT2D eigenvalue weighted by molar-refractivity contribution is 0.0996. The van der Waals surface area contributed by atoms with Gasteiger partial charge >= 0.3 is 0 Å².